The molecule has 0 atom stereocenters. The summed E-state index contributed by atoms with van der Waals surface area (Å²) in [5, 5.41) is 4.15. The first-order valence-corrected chi connectivity index (χ1v) is 9.81. The number of para-hydroxylation sites is 1. The van der Waals surface area contributed by atoms with E-state index in [2.05, 4.69) is 16.4 Å². The number of nitrogens with two attached hydrogens (primary N) is 1. The van der Waals surface area contributed by atoms with E-state index in [1.54, 1.807) is 11.3 Å². The lowest BCUT2D eigenvalue weighted by Crippen LogP contribution is -2.51. The molecule has 0 spiro atoms. The van der Waals surface area contributed by atoms with Gasteiger partial charge in [0.05, 0.1) is 25.5 Å². The van der Waals surface area contributed by atoms with Crippen molar-refractivity contribution >= 4 is 51.2 Å². The highest BCUT2D eigenvalue weighted by Crippen LogP contribution is 2.35. The quantitative estimate of drug-likeness (QED) is 0.688. The number of hydrogen-bond donors (Lipinski definition) is 2. The first-order valence-electron chi connectivity index (χ1n) is 8.17. The van der Waals surface area contributed by atoms with E-state index < -0.39 is 0 Å². The van der Waals surface area contributed by atoms with Crippen molar-refractivity contribution in [3.8, 4) is 9.88 Å². The fraction of sp³-hybridized carbons (Fsp3) is 0.333. The molecule has 2 aromatic heterocycles. The molecule has 1 saturated carbocycles. The Morgan fingerprint density at radius 1 is 1.16 bits per heavy atom. The molecule has 0 saturated heterocycles. The number of aromatic nitrogens is 1. The molecule has 0 radical (unpaired) electrons. The highest BCUT2D eigenvalue weighted by Gasteiger charge is 2.34. The molecule has 132 valence electrons. The summed E-state index contributed by atoms with van der Waals surface area (Å²) in [5.74, 6) is -0.0142. The predicted molar refractivity (Wildman–Crippen MR) is 108 cm³/mol. The van der Waals surface area contributed by atoms with Crippen LogP contribution >= 0.6 is 35.1 Å². The van der Waals surface area contributed by atoms with Gasteiger partial charge < -0.3 is 11.1 Å². The summed E-state index contributed by atoms with van der Waals surface area (Å²) >= 11 is 3.16. The summed E-state index contributed by atoms with van der Waals surface area (Å²) < 4.78 is 1.17. The highest BCUT2D eigenvalue weighted by molar-refractivity contribution is 7.26. The average Bonchev–Trinajstić information content (AvgIpc) is 3.33. The normalized spacial score (nSPS) is 15.9. The first-order chi connectivity index (χ1) is 11.7. The molecule has 1 aromatic carbocycles. The fourth-order valence-corrected chi connectivity index (χ4v) is 5.21. The Hall–Kier alpha value is -1.47. The molecular weight excluding hydrogens is 374 g/mol. The third-order valence-corrected chi connectivity index (χ3v) is 6.95. The molecule has 4 nitrogen and oxygen atoms in total. The third kappa shape index (κ3) is 3.58. The van der Waals surface area contributed by atoms with Crippen molar-refractivity contribution in [3.63, 3.8) is 0 Å². The van der Waals surface area contributed by atoms with Crippen LogP contribution < -0.4 is 11.1 Å². The van der Waals surface area contributed by atoms with Gasteiger partial charge in [0.1, 0.15) is 5.01 Å². The molecule has 1 fully saturated rings. The maximum Gasteiger partial charge on any atom is 0.261 e. The van der Waals surface area contributed by atoms with Gasteiger partial charge >= 0.3 is 0 Å². The lowest BCUT2D eigenvalue weighted by molar-refractivity contribution is 0.0907. The van der Waals surface area contributed by atoms with E-state index in [0.29, 0.717) is 6.54 Å². The minimum atomic E-state index is -0.211. The van der Waals surface area contributed by atoms with Gasteiger partial charge in [-0.2, -0.15) is 0 Å². The zero-order valence-electron chi connectivity index (χ0n) is 13.7. The zero-order chi connectivity index (χ0) is 16.6. The molecule has 7 heteroatoms. The van der Waals surface area contributed by atoms with E-state index in [1.165, 1.54) is 16.0 Å². The van der Waals surface area contributed by atoms with E-state index in [-0.39, 0.29) is 23.9 Å². The van der Waals surface area contributed by atoms with Crippen LogP contribution in [0.5, 0.6) is 0 Å². The SMILES string of the molecule is Cl.NCC1(NC(=O)c2ccc(-c3nc4ccccc4s3)s2)CCCC1. The first kappa shape index (κ1) is 18.3. The minimum Gasteiger partial charge on any atom is -0.345 e. The summed E-state index contributed by atoms with van der Waals surface area (Å²) in [7, 11) is 0. The van der Waals surface area contributed by atoms with Crippen molar-refractivity contribution in [2.45, 2.75) is 31.2 Å². The van der Waals surface area contributed by atoms with Crippen molar-refractivity contribution < 1.29 is 4.79 Å². The van der Waals surface area contributed by atoms with E-state index in [0.717, 1.165) is 46.0 Å². The Balaban J connectivity index is 0.00000182. The smallest absolute Gasteiger partial charge is 0.261 e. The van der Waals surface area contributed by atoms with Crippen LogP contribution in [0, 0.1) is 0 Å². The predicted octanol–water partition coefficient (Wildman–Crippen LogP) is 4.45. The Kier molecular flexibility index (Phi) is 5.43. The average molecular weight is 394 g/mol. The molecule has 3 aromatic rings. The third-order valence-electron chi connectivity index (χ3n) is 4.66. The van der Waals surface area contributed by atoms with E-state index in [1.807, 2.05) is 30.3 Å². The van der Waals surface area contributed by atoms with E-state index in [4.69, 9.17) is 5.73 Å². The molecule has 1 aliphatic rings. The molecular formula is C18H20ClN3OS2. The monoisotopic (exact) mass is 393 g/mol. The number of thiazole rings is 1. The number of carbonyl (C=O) groups is 1. The lowest BCUT2D eigenvalue weighted by atomic mass is 9.98. The number of rotatable bonds is 4. The van der Waals surface area contributed by atoms with Crippen LogP contribution in [0.2, 0.25) is 0 Å². The van der Waals surface area contributed by atoms with Crippen molar-refractivity contribution in [2.75, 3.05) is 6.54 Å². The van der Waals surface area contributed by atoms with Crippen LogP contribution in [0.4, 0.5) is 0 Å². The summed E-state index contributed by atoms with van der Waals surface area (Å²) in [6.07, 6.45) is 4.23. The number of halogens is 1. The number of nitrogens with zero attached hydrogens (tertiary/aromatic N) is 1. The van der Waals surface area contributed by atoms with Gasteiger partial charge in [0.25, 0.3) is 5.91 Å². The minimum absolute atomic E-state index is 0. The molecule has 2 heterocycles. The maximum absolute atomic E-state index is 12.6. The molecule has 0 bridgehead atoms. The number of carbonyl (C=O) groups excluding carboxylic acids is 1. The number of benzene rings is 1. The molecule has 25 heavy (non-hydrogen) atoms. The Labute approximate surface area is 160 Å². The summed E-state index contributed by atoms with van der Waals surface area (Å²) in [4.78, 5) is 19.0. The summed E-state index contributed by atoms with van der Waals surface area (Å²) in [6.45, 7) is 0.509. The van der Waals surface area contributed by atoms with Crippen LogP contribution in [0.25, 0.3) is 20.1 Å². The van der Waals surface area contributed by atoms with Gasteiger partial charge in [0, 0.05) is 6.54 Å². The van der Waals surface area contributed by atoms with Gasteiger partial charge in [-0.3, -0.25) is 4.79 Å². The van der Waals surface area contributed by atoms with Crippen LogP contribution in [0.15, 0.2) is 36.4 Å². The number of thiophene rings is 1. The molecule has 4 rings (SSSR count). The zero-order valence-corrected chi connectivity index (χ0v) is 16.1. The lowest BCUT2D eigenvalue weighted by Gasteiger charge is -2.28. The van der Waals surface area contributed by atoms with Crippen molar-refractivity contribution in [1.82, 2.24) is 10.3 Å². The second-order valence-corrected chi connectivity index (χ2v) is 8.41. The van der Waals surface area contributed by atoms with Gasteiger partial charge in [-0.25, -0.2) is 4.98 Å². The van der Waals surface area contributed by atoms with E-state index in [9.17, 15) is 4.79 Å². The van der Waals surface area contributed by atoms with Crippen molar-refractivity contribution in [2.24, 2.45) is 5.73 Å². The molecule has 1 aliphatic carbocycles. The Morgan fingerprint density at radius 3 is 2.64 bits per heavy atom. The Bertz CT molecular complexity index is 850. The summed E-state index contributed by atoms with van der Waals surface area (Å²) in [5.41, 5.74) is 6.71. The summed E-state index contributed by atoms with van der Waals surface area (Å²) in [6, 6.07) is 12.0. The van der Waals surface area contributed by atoms with Gasteiger partial charge in [0.2, 0.25) is 0 Å². The molecule has 0 aliphatic heterocycles. The van der Waals surface area contributed by atoms with Gasteiger partial charge in [0.15, 0.2) is 0 Å². The number of nitrogens with one attached hydrogen (secondary N) is 1. The van der Waals surface area contributed by atoms with Gasteiger partial charge in [-0.05, 0) is 37.1 Å². The van der Waals surface area contributed by atoms with Gasteiger partial charge in [-0.15, -0.1) is 35.1 Å². The van der Waals surface area contributed by atoms with Crippen LogP contribution in [-0.4, -0.2) is 23.0 Å². The molecule has 1 amide bonds. The van der Waals surface area contributed by atoms with Crippen LogP contribution in [0.3, 0.4) is 0 Å². The van der Waals surface area contributed by atoms with Crippen molar-refractivity contribution in [3.05, 3.63) is 41.3 Å². The number of fused-ring (bicyclic) bond motifs is 1. The standard InChI is InChI=1S/C18H19N3OS2.ClH/c19-11-18(9-3-4-10-18)21-16(22)14-7-8-15(23-14)17-20-12-5-1-2-6-13(12)24-17;/h1-2,5-8H,3-4,9-11,19H2,(H,21,22);1H. The van der Waals surface area contributed by atoms with Crippen LogP contribution in [0.1, 0.15) is 35.4 Å². The second-order valence-electron chi connectivity index (χ2n) is 6.30. The number of hydrogen-bond acceptors (Lipinski definition) is 5. The topological polar surface area (TPSA) is 68.0 Å². The molecule has 0 unspecified atom stereocenters. The second kappa shape index (κ2) is 7.41. The van der Waals surface area contributed by atoms with E-state index >= 15 is 0 Å². The largest absolute Gasteiger partial charge is 0.345 e. The van der Waals surface area contributed by atoms with Crippen molar-refractivity contribution in [1.29, 1.82) is 0 Å². The van der Waals surface area contributed by atoms with Gasteiger partial charge in [-0.1, -0.05) is 25.0 Å². The van der Waals surface area contributed by atoms with Crippen LogP contribution in [-0.2, 0) is 0 Å². The number of amides is 1. The molecule has 3 N–H and O–H groups in total. The Morgan fingerprint density at radius 2 is 1.92 bits per heavy atom. The maximum atomic E-state index is 12.6. The highest BCUT2D eigenvalue weighted by atomic mass is 35.5. The fourth-order valence-electron chi connectivity index (χ4n) is 3.29.